The molecule has 3 rings (SSSR count). The average molecular weight is 255 g/mol. The van der Waals surface area contributed by atoms with Crippen LogP contribution in [0.4, 0.5) is 0 Å². The molecule has 0 aromatic heterocycles. The maximum absolute atomic E-state index is 2.49. The van der Waals surface area contributed by atoms with Gasteiger partial charge in [0.1, 0.15) is 0 Å². The first-order chi connectivity index (χ1) is 9.15. The molecular weight excluding hydrogens is 230 g/mol. The fourth-order valence-electron chi connectivity index (χ4n) is 3.63. The lowest BCUT2D eigenvalue weighted by Gasteiger charge is -2.31. The summed E-state index contributed by atoms with van der Waals surface area (Å²) in [4.78, 5) is 2.39. The van der Waals surface area contributed by atoms with E-state index in [4.69, 9.17) is 0 Å². The van der Waals surface area contributed by atoms with Crippen LogP contribution in [0, 0.1) is 5.92 Å². The topological polar surface area (TPSA) is 3.24 Å². The Morgan fingerprint density at radius 3 is 2.63 bits per heavy atom. The second kappa shape index (κ2) is 5.13. The number of nitrogens with zero attached hydrogens (tertiary/aromatic N) is 1. The normalized spacial score (nSPS) is 26.4. The van der Waals surface area contributed by atoms with Crippen molar-refractivity contribution in [1.29, 1.82) is 0 Å². The van der Waals surface area contributed by atoms with Gasteiger partial charge in [0.25, 0.3) is 0 Å². The highest BCUT2D eigenvalue weighted by Crippen LogP contribution is 2.36. The highest BCUT2D eigenvalue weighted by atomic mass is 15.1. The van der Waals surface area contributed by atoms with Crippen LogP contribution >= 0.6 is 0 Å². The predicted octanol–water partition coefficient (Wildman–Crippen LogP) is 3.92. The Bertz CT molecular complexity index is 498. The van der Waals surface area contributed by atoms with Gasteiger partial charge in [-0.05, 0) is 74.4 Å². The van der Waals surface area contributed by atoms with E-state index >= 15 is 0 Å². The molecule has 1 heteroatoms. The Morgan fingerprint density at radius 1 is 1.11 bits per heavy atom. The van der Waals surface area contributed by atoms with Crippen molar-refractivity contribution in [2.24, 2.45) is 5.92 Å². The van der Waals surface area contributed by atoms with Crippen molar-refractivity contribution in [2.45, 2.75) is 45.1 Å². The van der Waals surface area contributed by atoms with Crippen LogP contribution < -0.4 is 0 Å². The molecule has 0 bridgehead atoms. The van der Waals surface area contributed by atoms with E-state index in [0.29, 0.717) is 6.04 Å². The van der Waals surface area contributed by atoms with E-state index < -0.39 is 0 Å². The molecule has 0 N–H and O–H groups in total. The van der Waals surface area contributed by atoms with Gasteiger partial charge in [0.05, 0.1) is 0 Å². The third-order valence-electron chi connectivity index (χ3n) is 4.89. The predicted molar refractivity (Wildman–Crippen MR) is 82.3 cm³/mol. The van der Waals surface area contributed by atoms with Gasteiger partial charge in [0.15, 0.2) is 0 Å². The second-order valence-corrected chi connectivity index (χ2v) is 6.51. The molecule has 2 aliphatic carbocycles. The minimum atomic E-state index is 0.716. The van der Waals surface area contributed by atoms with Crippen LogP contribution in [0.15, 0.2) is 24.3 Å². The van der Waals surface area contributed by atoms with Gasteiger partial charge in [-0.25, -0.2) is 0 Å². The zero-order valence-electron chi connectivity index (χ0n) is 12.4. The average Bonchev–Trinajstić information content (AvgIpc) is 2.84. The fraction of sp³-hybridized carbons (Fsp3) is 0.556. The van der Waals surface area contributed by atoms with Gasteiger partial charge in [-0.15, -0.1) is 0 Å². The van der Waals surface area contributed by atoms with Gasteiger partial charge < -0.3 is 4.90 Å². The van der Waals surface area contributed by atoms with Gasteiger partial charge in [-0.3, -0.25) is 0 Å². The molecule has 2 aliphatic rings. The smallest absolute Gasteiger partial charge is 0.0133 e. The molecule has 0 saturated carbocycles. The number of allylic oxidation sites excluding steroid dienone is 2. The quantitative estimate of drug-likeness (QED) is 0.774. The summed E-state index contributed by atoms with van der Waals surface area (Å²) in [6, 6.07) is 7.66. The molecule has 0 aliphatic heterocycles. The second-order valence-electron chi connectivity index (χ2n) is 6.51. The maximum Gasteiger partial charge on any atom is 0.0133 e. The van der Waals surface area contributed by atoms with Crippen molar-refractivity contribution in [3.05, 3.63) is 41.0 Å². The first kappa shape index (κ1) is 12.9. The van der Waals surface area contributed by atoms with Gasteiger partial charge in [-0.2, -0.15) is 0 Å². The van der Waals surface area contributed by atoms with Crippen LogP contribution in [0.2, 0.25) is 0 Å². The Balaban J connectivity index is 1.97. The zero-order valence-corrected chi connectivity index (χ0v) is 12.4. The summed E-state index contributed by atoms with van der Waals surface area (Å²) in [5.74, 6) is 0.763. The molecule has 0 heterocycles. The van der Waals surface area contributed by atoms with Crippen LogP contribution in [0.3, 0.4) is 0 Å². The Kier molecular flexibility index (Phi) is 3.49. The lowest BCUT2D eigenvalue weighted by Crippen LogP contribution is -2.33. The van der Waals surface area contributed by atoms with Crippen LogP contribution in [0.25, 0.3) is 5.57 Å². The summed E-state index contributed by atoms with van der Waals surface area (Å²) in [6.45, 7) is 2.34. The largest absolute Gasteiger partial charge is 0.306 e. The molecule has 1 aromatic rings. The minimum absolute atomic E-state index is 0.716. The third-order valence-corrected chi connectivity index (χ3v) is 4.89. The van der Waals surface area contributed by atoms with E-state index in [2.05, 4.69) is 50.2 Å². The van der Waals surface area contributed by atoms with Crippen LogP contribution in [0.5, 0.6) is 0 Å². The molecule has 0 saturated heterocycles. The summed E-state index contributed by atoms with van der Waals surface area (Å²) in [7, 11) is 4.43. The number of hydrogen-bond acceptors (Lipinski definition) is 1. The molecule has 1 nitrogen and oxygen atoms in total. The van der Waals surface area contributed by atoms with E-state index in [9.17, 15) is 0 Å². The van der Waals surface area contributed by atoms with Crippen molar-refractivity contribution < 1.29 is 0 Å². The summed E-state index contributed by atoms with van der Waals surface area (Å²) >= 11 is 0. The van der Waals surface area contributed by atoms with E-state index in [0.717, 1.165) is 5.92 Å². The molecule has 0 radical (unpaired) electrons. The summed E-state index contributed by atoms with van der Waals surface area (Å²) < 4.78 is 0. The summed E-state index contributed by atoms with van der Waals surface area (Å²) in [6.07, 6.45) is 8.87. The van der Waals surface area contributed by atoms with Gasteiger partial charge in [0.2, 0.25) is 0 Å². The van der Waals surface area contributed by atoms with Gasteiger partial charge in [-0.1, -0.05) is 31.2 Å². The Morgan fingerprint density at radius 2 is 1.95 bits per heavy atom. The molecule has 0 amide bonds. The van der Waals surface area contributed by atoms with Crippen molar-refractivity contribution in [2.75, 3.05) is 14.1 Å². The number of aryl methyl sites for hydroxylation is 1. The van der Waals surface area contributed by atoms with Crippen LogP contribution in [0.1, 0.15) is 42.9 Å². The number of fused-ring (bicyclic) bond motifs is 1. The van der Waals surface area contributed by atoms with E-state index in [1.165, 1.54) is 32.1 Å². The van der Waals surface area contributed by atoms with E-state index in [-0.39, 0.29) is 0 Å². The molecule has 1 aromatic carbocycles. The first-order valence-corrected chi connectivity index (χ1v) is 7.63. The zero-order chi connectivity index (χ0) is 13.4. The summed E-state index contributed by atoms with van der Waals surface area (Å²) in [5.41, 5.74) is 6.38. The number of benzene rings is 1. The molecule has 0 unspecified atom stereocenters. The molecule has 2 atom stereocenters. The fourth-order valence-corrected chi connectivity index (χ4v) is 3.63. The highest BCUT2D eigenvalue weighted by Gasteiger charge is 2.24. The van der Waals surface area contributed by atoms with Crippen molar-refractivity contribution in [3.63, 3.8) is 0 Å². The van der Waals surface area contributed by atoms with Gasteiger partial charge in [0, 0.05) is 6.04 Å². The molecule has 102 valence electrons. The third kappa shape index (κ3) is 2.49. The molecule has 19 heavy (non-hydrogen) atoms. The Labute approximate surface area is 117 Å². The Hall–Kier alpha value is -1.08. The maximum atomic E-state index is 2.49. The summed E-state index contributed by atoms with van der Waals surface area (Å²) in [5, 5.41) is 0. The number of rotatable bonds is 2. The lowest BCUT2D eigenvalue weighted by molar-refractivity contribution is 0.268. The van der Waals surface area contributed by atoms with Crippen molar-refractivity contribution >= 4 is 5.57 Å². The SMILES string of the molecule is C[C@H]1C=C(c2cccc3c2C[C@H](N(C)C)CC3)CC1. The van der Waals surface area contributed by atoms with Crippen LogP contribution in [-0.2, 0) is 12.8 Å². The highest BCUT2D eigenvalue weighted by molar-refractivity contribution is 5.71. The van der Waals surface area contributed by atoms with E-state index in [1.807, 2.05) is 0 Å². The van der Waals surface area contributed by atoms with Crippen molar-refractivity contribution in [1.82, 2.24) is 4.90 Å². The van der Waals surface area contributed by atoms with E-state index in [1.54, 1.807) is 22.3 Å². The van der Waals surface area contributed by atoms with Gasteiger partial charge >= 0.3 is 0 Å². The lowest BCUT2D eigenvalue weighted by atomic mass is 9.83. The van der Waals surface area contributed by atoms with Crippen molar-refractivity contribution in [3.8, 4) is 0 Å². The van der Waals surface area contributed by atoms with Crippen LogP contribution in [-0.4, -0.2) is 25.0 Å². The monoisotopic (exact) mass is 255 g/mol. The first-order valence-electron chi connectivity index (χ1n) is 7.63. The molecular formula is C18H25N. The molecule has 0 fully saturated rings. The minimum Gasteiger partial charge on any atom is -0.306 e. The molecule has 0 spiro atoms. The number of likely N-dealkylation sites (N-methyl/N-ethyl adjacent to an activating group) is 1. The number of hydrogen-bond donors (Lipinski definition) is 0. The standard InChI is InChI=1S/C18H25N/c1-13-7-8-15(11-13)17-6-4-5-14-9-10-16(19(2)3)12-18(14)17/h4-6,11,13,16H,7-10,12H2,1-3H3/t13-,16-/m1/s1.